The largest absolute Gasteiger partial charge is 0.352 e. The highest BCUT2D eigenvalue weighted by Gasteiger charge is 2.25. The summed E-state index contributed by atoms with van der Waals surface area (Å²) in [6.45, 7) is 6.15. The lowest BCUT2D eigenvalue weighted by Crippen LogP contribution is -2.50. The zero-order chi connectivity index (χ0) is 21.2. The number of nitrogens with zero attached hydrogens (tertiary/aromatic N) is 1. The molecule has 0 aliphatic heterocycles. The topological polar surface area (TPSA) is 49.4 Å². The van der Waals surface area contributed by atoms with Gasteiger partial charge in [0.2, 0.25) is 11.8 Å². The van der Waals surface area contributed by atoms with Crippen molar-refractivity contribution in [1.29, 1.82) is 0 Å². The van der Waals surface area contributed by atoms with Crippen LogP contribution in [0.4, 0.5) is 0 Å². The van der Waals surface area contributed by atoms with Crippen LogP contribution in [-0.2, 0) is 21.8 Å². The van der Waals surface area contributed by atoms with Gasteiger partial charge in [-0.05, 0) is 50.5 Å². The van der Waals surface area contributed by atoms with Crippen LogP contribution in [-0.4, -0.2) is 41.1 Å². The van der Waals surface area contributed by atoms with E-state index in [1.807, 2.05) is 68.4 Å². The van der Waals surface area contributed by atoms with Gasteiger partial charge in [0, 0.05) is 23.4 Å². The molecule has 29 heavy (non-hydrogen) atoms. The Kier molecular flexibility index (Phi) is 9.55. The fourth-order valence-electron chi connectivity index (χ4n) is 2.89. The SMILES string of the molecule is CC(C)NC(=O)[C@H](C)N(CCc1ccccc1)C(=O)CSCc1ccc(Cl)cc1. The number of carbonyl (C=O) groups is 2. The first-order valence-electron chi connectivity index (χ1n) is 9.82. The van der Waals surface area contributed by atoms with E-state index in [-0.39, 0.29) is 17.9 Å². The molecule has 0 fully saturated rings. The van der Waals surface area contributed by atoms with E-state index in [4.69, 9.17) is 11.6 Å². The van der Waals surface area contributed by atoms with Crippen LogP contribution in [0.3, 0.4) is 0 Å². The molecule has 4 nitrogen and oxygen atoms in total. The smallest absolute Gasteiger partial charge is 0.242 e. The molecule has 0 spiro atoms. The molecule has 0 unspecified atom stereocenters. The highest BCUT2D eigenvalue weighted by Crippen LogP contribution is 2.17. The maximum atomic E-state index is 12.9. The van der Waals surface area contributed by atoms with E-state index in [0.29, 0.717) is 23.7 Å². The Balaban J connectivity index is 1.98. The van der Waals surface area contributed by atoms with Gasteiger partial charge in [-0.1, -0.05) is 54.1 Å². The molecule has 0 saturated heterocycles. The monoisotopic (exact) mass is 432 g/mol. The molecule has 2 aromatic rings. The molecule has 6 heteroatoms. The number of hydrogen-bond acceptors (Lipinski definition) is 3. The third kappa shape index (κ3) is 8.11. The zero-order valence-corrected chi connectivity index (χ0v) is 18.8. The van der Waals surface area contributed by atoms with Crippen LogP contribution >= 0.6 is 23.4 Å². The molecule has 2 rings (SSSR count). The molecule has 156 valence electrons. The second kappa shape index (κ2) is 11.9. The van der Waals surface area contributed by atoms with Gasteiger partial charge >= 0.3 is 0 Å². The van der Waals surface area contributed by atoms with E-state index in [9.17, 15) is 9.59 Å². The number of hydrogen-bond donors (Lipinski definition) is 1. The number of halogens is 1. The molecule has 0 aromatic heterocycles. The molecule has 0 aliphatic carbocycles. The van der Waals surface area contributed by atoms with Crippen LogP contribution in [0.2, 0.25) is 5.02 Å². The maximum absolute atomic E-state index is 12.9. The summed E-state index contributed by atoms with van der Waals surface area (Å²) in [6, 6.07) is 17.2. The lowest BCUT2D eigenvalue weighted by atomic mass is 10.1. The van der Waals surface area contributed by atoms with Gasteiger partial charge in [-0.2, -0.15) is 0 Å². The highest BCUT2D eigenvalue weighted by atomic mass is 35.5. The summed E-state index contributed by atoms with van der Waals surface area (Å²) in [4.78, 5) is 27.2. The fraction of sp³-hybridized carbons (Fsp3) is 0.391. The number of nitrogens with one attached hydrogen (secondary N) is 1. The van der Waals surface area contributed by atoms with Gasteiger partial charge in [-0.25, -0.2) is 0 Å². The predicted molar refractivity (Wildman–Crippen MR) is 122 cm³/mol. The molecule has 0 bridgehead atoms. The second-order valence-electron chi connectivity index (χ2n) is 7.28. The van der Waals surface area contributed by atoms with Crippen molar-refractivity contribution in [3.05, 3.63) is 70.7 Å². The maximum Gasteiger partial charge on any atom is 0.242 e. The van der Waals surface area contributed by atoms with E-state index in [0.717, 1.165) is 16.9 Å². The minimum atomic E-state index is -0.509. The first-order chi connectivity index (χ1) is 13.9. The number of carbonyl (C=O) groups excluding carboxylic acids is 2. The van der Waals surface area contributed by atoms with Crippen LogP contribution in [0.1, 0.15) is 31.9 Å². The van der Waals surface area contributed by atoms with E-state index in [2.05, 4.69) is 5.32 Å². The molecule has 1 atom stereocenters. The van der Waals surface area contributed by atoms with Gasteiger partial charge in [0.15, 0.2) is 0 Å². The Bertz CT molecular complexity index is 781. The van der Waals surface area contributed by atoms with Crippen molar-refractivity contribution in [1.82, 2.24) is 10.2 Å². The lowest BCUT2D eigenvalue weighted by molar-refractivity contribution is -0.138. The molecule has 1 N–H and O–H groups in total. The Morgan fingerprint density at radius 2 is 1.66 bits per heavy atom. The number of rotatable bonds is 10. The molecule has 0 saturated carbocycles. The molecular weight excluding hydrogens is 404 g/mol. The van der Waals surface area contributed by atoms with Crippen molar-refractivity contribution in [2.45, 2.75) is 45.0 Å². The van der Waals surface area contributed by atoms with E-state index < -0.39 is 6.04 Å². The lowest BCUT2D eigenvalue weighted by Gasteiger charge is -2.29. The van der Waals surface area contributed by atoms with Crippen LogP contribution in [0.25, 0.3) is 0 Å². The van der Waals surface area contributed by atoms with Crippen LogP contribution in [0.5, 0.6) is 0 Å². The van der Waals surface area contributed by atoms with Gasteiger partial charge < -0.3 is 10.2 Å². The summed E-state index contributed by atoms with van der Waals surface area (Å²) >= 11 is 7.47. The number of thioether (sulfide) groups is 1. The van der Waals surface area contributed by atoms with Crippen molar-refractivity contribution in [2.75, 3.05) is 12.3 Å². The third-order valence-corrected chi connectivity index (χ3v) is 5.73. The summed E-state index contributed by atoms with van der Waals surface area (Å²) < 4.78 is 0. The number of benzene rings is 2. The van der Waals surface area contributed by atoms with Gasteiger partial charge in [-0.3, -0.25) is 9.59 Å². The van der Waals surface area contributed by atoms with E-state index >= 15 is 0 Å². The minimum Gasteiger partial charge on any atom is -0.352 e. The normalized spacial score (nSPS) is 11.9. The molecule has 0 radical (unpaired) electrons. The van der Waals surface area contributed by atoms with Crippen molar-refractivity contribution in [3.63, 3.8) is 0 Å². The van der Waals surface area contributed by atoms with Crippen LogP contribution < -0.4 is 5.32 Å². The Hall–Kier alpha value is -1.98. The fourth-order valence-corrected chi connectivity index (χ4v) is 3.89. The first kappa shape index (κ1) is 23.3. The zero-order valence-electron chi connectivity index (χ0n) is 17.2. The molecule has 2 aromatic carbocycles. The second-order valence-corrected chi connectivity index (χ2v) is 8.70. The first-order valence-corrected chi connectivity index (χ1v) is 11.4. The molecule has 0 aliphatic rings. The third-order valence-electron chi connectivity index (χ3n) is 4.49. The van der Waals surface area contributed by atoms with Crippen LogP contribution in [0, 0.1) is 0 Å². The van der Waals surface area contributed by atoms with Gasteiger partial charge in [-0.15, -0.1) is 11.8 Å². The van der Waals surface area contributed by atoms with Gasteiger partial charge in [0.05, 0.1) is 5.75 Å². The van der Waals surface area contributed by atoms with Crippen molar-refractivity contribution < 1.29 is 9.59 Å². The Morgan fingerprint density at radius 3 is 2.28 bits per heavy atom. The average molecular weight is 433 g/mol. The van der Waals surface area contributed by atoms with Crippen molar-refractivity contribution >= 4 is 35.2 Å². The summed E-state index contributed by atoms with van der Waals surface area (Å²) in [6.07, 6.45) is 0.716. The molecule has 2 amide bonds. The summed E-state index contributed by atoms with van der Waals surface area (Å²) in [5.41, 5.74) is 2.27. The standard InChI is InChI=1S/C23H29ClN2O2S/c1-17(2)25-23(28)18(3)26(14-13-19-7-5-4-6-8-19)22(27)16-29-15-20-9-11-21(24)12-10-20/h4-12,17-18H,13-16H2,1-3H3,(H,25,28)/t18-/m0/s1. The predicted octanol–water partition coefficient (Wildman–Crippen LogP) is 4.56. The molecule has 0 heterocycles. The van der Waals surface area contributed by atoms with E-state index in [1.54, 1.807) is 23.6 Å². The van der Waals surface area contributed by atoms with Crippen molar-refractivity contribution in [2.24, 2.45) is 0 Å². The Labute approximate surface area is 183 Å². The summed E-state index contributed by atoms with van der Waals surface area (Å²) in [5, 5.41) is 3.61. The van der Waals surface area contributed by atoms with E-state index in [1.165, 1.54) is 0 Å². The Morgan fingerprint density at radius 1 is 1.00 bits per heavy atom. The molecular formula is C23H29ClN2O2S. The summed E-state index contributed by atoms with van der Waals surface area (Å²) in [5.74, 6) is 0.911. The van der Waals surface area contributed by atoms with Gasteiger partial charge in [0.1, 0.15) is 6.04 Å². The van der Waals surface area contributed by atoms with Crippen LogP contribution in [0.15, 0.2) is 54.6 Å². The number of amides is 2. The quantitative estimate of drug-likeness (QED) is 0.598. The van der Waals surface area contributed by atoms with Gasteiger partial charge in [0.25, 0.3) is 0 Å². The highest BCUT2D eigenvalue weighted by molar-refractivity contribution is 7.99. The summed E-state index contributed by atoms with van der Waals surface area (Å²) in [7, 11) is 0. The van der Waals surface area contributed by atoms with Crippen molar-refractivity contribution in [3.8, 4) is 0 Å². The minimum absolute atomic E-state index is 0.0219. The average Bonchev–Trinajstić information content (AvgIpc) is 2.69.